The summed E-state index contributed by atoms with van der Waals surface area (Å²) in [7, 11) is 0. The Labute approximate surface area is 124 Å². The second kappa shape index (κ2) is 10.9. The van der Waals surface area contributed by atoms with Crippen molar-refractivity contribution in [1.82, 2.24) is 5.32 Å². The van der Waals surface area contributed by atoms with Crippen LogP contribution in [0.4, 0.5) is 0 Å². The topological polar surface area (TPSA) is 183 Å². The van der Waals surface area contributed by atoms with Crippen molar-refractivity contribution >= 4 is 17.8 Å². The molecule has 9 heteroatoms. The SMILES string of the molecule is NC(N)=NCCC[C@H](N)C(=O)NCCCC[C@H](N)C(=O)O. The van der Waals surface area contributed by atoms with Crippen LogP contribution in [0.3, 0.4) is 0 Å². The fourth-order valence-corrected chi connectivity index (χ4v) is 1.61. The van der Waals surface area contributed by atoms with Gasteiger partial charge in [-0.1, -0.05) is 0 Å². The van der Waals surface area contributed by atoms with E-state index in [1.165, 1.54) is 0 Å². The van der Waals surface area contributed by atoms with E-state index in [1.807, 2.05) is 0 Å². The van der Waals surface area contributed by atoms with E-state index in [2.05, 4.69) is 10.3 Å². The van der Waals surface area contributed by atoms with Crippen molar-refractivity contribution in [2.45, 2.75) is 44.2 Å². The van der Waals surface area contributed by atoms with Crippen LogP contribution in [0.1, 0.15) is 32.1 Å². The number of carboxylic acids is 1. The molecule has 0 aliphatic rings. The summed E-state index contributed by atoms with van der Waals surface area (Å²) in [5.41, 5.74) is 21.4. The second-order valence-corrected chi connectivity index (χ2v) is 4.79. The lowest BCUT2D eigenvalue weighted by atomic mass is 10.1. The molecule has 0 aliphatic heterocycles. The van der Waals surface area contributed by atoms with Gasteiger partial charge in [-0.15, -0.1) is 0 Å². The average Bonchev–Trinajstić information content (AvgIpc) is 2.41. The third-order valence-electron chi connectivity index (χ3n) is 2.86. The number of nitrogens with one attached hydrogen (secondary N) is 1. The van der Waals surface area contributed by atoms with Crippen molar-refractivity contribution < 1.29 is 14.7 Å². The summed E-state index contributed by atoms with van der Waals surface area (Å²) in [6.07, 6.45) is 2.79. The zero-order chi connectivity index (χ0) is 16.3. The summed E-state index contributed by atoms with van der Waals surface area (Å²) >= 11 is 0. The van der Waals surface area contributed by atoms with E-state index in [-0.39, 0.29) is 11.9 Å². The quantitative estimate of drug-likeness (QED) is 0.146. The maximum Gasteiger partial charge on any atom is 0.320 e. The van der Waals surface area contributed by atoms with Gasteiger partial charge in [-0.2, -0.15) is 0 Å². The number of aliphatic imine (C=N–C) groups is 1. The molecule has 9 nitrogen and oxygen atoms in total. The van der Waals surface area contributed by atoms with E-state index >= 15 is 0 Å². The van der Waals surface area contributed by atoms with Crippen molar-refractivity contribution in [3.05, 3.63) is 0 Å². The highest BCUT2D eigenvalue weighted by atomic mass is 16.4. The van der Waals surface area contributed by atoms with E-state index in [0.29, 0.717) is 45.2 Å². The van der Waals surface area contributed by atoms with Crippen molar-refractivity contribution in [2.24, 2.45) is 27.9 Å². The largest absolute Gasteiger partial charge is 0.480 e. The van der Waals surface area contributed by atoms with Crippen molar-refractivity contribution in [1.29, 1.82) is 0 Å². The predicted molar refractivity (Wildman–Crippen MR) is 80.4 cm³/mol. The lowest BCUT2D eigenvalue weighted by Gasteiger charge is -2.12. The standard InChI is InChI=1S/C12H26N6O3/c13-8(5-3-7-18-12(15)16)10(19)17-6-2-1-4-9(14)11(20)21/h8-9H,1-7,13-14H2,(H,17,19)(H,20,21)(H4,15,16,18)/t8-,9-/m0/s1. The average molecular weight is 302 g/mol. The molecule has 0 unspecified atom stereocenters. The van der Waals surface area contributed by atoms with Gasteiger partial charge in [0.2, 0.25) is 5.91 Å². The lowest BCUT2D eigenvalue weighted by molar-refractivity contribution is -0.138. The molecule has 2 atom stereocenters. The predicted octanol–water partition coefficient (Wildman–Crippen LogP) is -1.93. The van der Waals surface area contributed by atoms with Crippen LogP contribution in [0.2, 0.25) is 0 Å². The zero-order valence-corrected chi connectivity index (χ0v) is 12.1. The molecule has 0 bridgehead atoms. The minimum atomic E-state index is -1.01. The fraction of sp³-hybridized carbons (Fsp3) is 0.750. The van der Waals surface area contributed by atoms with Crippen LogP contribution < -0.4 is 28.3 Å². The highest BCUT2D eigenvalue weighted by molar-refractivity contribution is 5.81. The molecule has 0 aromatic rings. The van der Waals surface area contributed by atoms with E-state index in [4.69, 9.17) is 28.0 Å². The van der Waals surface area contributed by atoms with Gasteiger partial charge in [0.15, 0.2) is 5.96 Å². The van der Waals surface area contributed by atoms with Gasteiger partial charge in [0.1, 0.15) is 6.04 Å². The van der Waals surface area contributed by atoms with Crippen molar-refractivity contribution in [3.8, 4) is 0 Å². The Morgan fingerprint density at radius 3 is 2.24 bits per heavy atom. The Hall–Kier alpha value is -1.87. The second-order valence-electron chi connectivity index (χ2n) is 4.79. The highest BCUT2D eigenvalue weighted by Gasteiger charge is 2.13. The Morgan fingerprint density at radius 1 is 1.05 bits per heavy atom. The first kappa shape index (κ1) is 19.1. The molecule has 0 aromatic carbocycles. The van der Waals surface area contributed by atoms with Gasteiger partial charge < -0.3 is 33.4 Å². The van der Waals surface area contributed by atoms with E-state index in [1.54, 1.807) is 0 Å². The molecular formula is C12H26N6O3. The summed E-state index contributed by atoms with van der Waals surface area (Å²) in [4.78, 5) is 25.9. The van der Waals surface area contributed by atoms with Crippen molar-refractivity contribution in [2.75, 3.05) is 13.1 Å². The number of hydrogen-bond acceptors (Lipinski definition) is 5. The van der Waals surface area contributed by atoms with Gasteiger partial charge in [0, 0.05) is 13.1 Å². The zero-order valence-electron chi connectivity index (χ0n) is 12.1. The molecule has 0 aromatic heterocycles. The van der Waals surface area contributed by atoms with Gasteiger partial charge >= 0.3 is 5.97 Å². The molecule has 21 heavy (non-hydrogen) atoms. The maximum absolute atomic E-state index is 11.6. The number of guanidine groups is 1. The normalized spacial score (nSPS) is 13.2. The van der Waals surface area contributed by atoms with Gasteiger partial charge in [0.05, 0.1) is 6.04 Å². The van der Waals surface area contributed by atoms with E-state index < -0.39 is 18.1 Å². The fourth-order valence-electron chi connectivity index (χ4n) is 1.61. The molecule has 0 radical (unpaired) electrons. The smallest absolute Gasteiger partial charge is 0.320 e. The molecule has 1 amide bonds. The van der Waals surface area contributed by atoms with Crippen LogP contribution in [0.5, 0.6) is 0 Å². The third kappa shape index (κ3) is 10.6. The number of carbonyl (C=O) groups excluding carboxylic acids is 1. The third-order valence-corrected chi connectivity index (χ3v) is 2.86. The van der Waals surface area contributed by atoms with Crippen LogP contribution in [-0.2, 0) is 9.59 Å². The number of carbonyl (C=O) groups is 2. The van der Waals surface area contributed by atoms with Gasteiger partial charge in [0.25, 0.3) is 0 Å². The summed E-state index contributed by atoms with van der Waals surface area (Å²) in [5.74, 6) is -1.23. The molecule has 122 valence electrons. The molecule has 0 heterocycles. The maximum atomic E-state index is 11.6. The lowest BCUT2D eigenvalue weighted by Crippen LogP contribution is -2.41. The van der Waals surface area contributed by atoms with Gasteiger partial charge in [-0.25, -0.2) is 0 Å². The highest BCUT2D eigenvalue weighted by Crippen LogP contribution is 1.99. The van der Waals surface area contributed by atoms with E-state index in [9.17, 15) is 9.59 Å². The van der Waals surface area contributed by atoms with Gasteiger partial charge in [-0.3, -0.25) is 14.6 Å². The van der Waals surface area contributed by atoms with E-state index in [0.717, 1.165) is 0 Å². The Balaban J connectivity index is 3.64. The number of amides is 1. The minimum absolute atomic E-state index is 0.0209. The van der Waals surface area contributed by atoms with Crippen LogP contribution >= 0.6 is 0 Å². The van der Waals surface area contributed by atoms with Crippen LogP contribution in [0.25, 0.3) is 0 Å². The number of nitrogens with two attached hydrogens (primary N) is 4. The summed E-state index contributed by atoms with van der Waals surface area (Å²) in [6.45, 7) is 0.892. The summed E-state index contributed by atoms with van der Waals surface area (Å²) in [6, 6.07) is -1.45. The Morgan fingerprint density at radius 2 is 1.67 bits per heavy atom. The number of aliphatic carboxylic acids is 1. The molecule has 0 saturated heterocycles. The molecule has 0 fully saturated rings. The van der Waals surface area contributed by atoms with Crippen LogP contribution in [-0.4, -0.2) is 48.1 Å². The molecule has 0 spiro atoms. The first-order valence-corrected chi connectivity index (χ1v) is 6.91. The molecular weight excluding hydrogens is 276 g/mol. The molecule has 0 aliphatic carbocycles. The number of hydrogen-bond donors (Lipinski definition) is 6. The first-order chi connectivity index (χ1) is 9.84. The Kier molecular flexibility index (Phi) is 9.90. The van der Waals surface area contributed by atoms with Gasteiger partial charge in [-0.05, 0) is 32.1 Å². The molecule has 10 N–H and O–H groups in total. The van der Waals surface area contributed by atoms with Crippen LogP contribution in [0, 0.1) is 0 Å². The number of nitrogens with zero attached hydrogens (tertiary/aromatic N) is 1. The number of unbranched alkanes of at least 4 members (excludes halogenated alkanes) is 1. The molecule has 0 rings (SSSR count). The first-order valence-electron chi connectivity index (χ1n) is 6.91. The van der Waals surface area contributed by atoms with Crippen LogP contribution in [0.15, 0.2) is 4.99 Å². The monoisotopic (exact) mass is 302 g/mol. The molecule has 0 saturated carbocycles. The summed E-state index contributed by atoms with van der Waals surface area (Å²) in [5, 5.41) is 11.3. The summed E-state index contributed by atoms with van der Waals surface area (Å²) < 4.78 is 0. The van der Waals surface area contributed by atoms with Crippen molar-refractivity contribution in [3.63, 3.8) is 0 Å². The number of rotatable bonds is 11. The number of carboxylic acid groups (broad SMARTS) is 1. The Bertz CT molecular complexity index is 357. The minimum Gasteiger partial charge on any atom is -0.480 e.